The molecule has 0 aliphatic heterocycles. The average Bonchev–Trinajstić information content (AvgIpc) is 2.44. The number of rotatable bonds is 6. The van der Waals surface area contributed by atoms with E-state index in [2.05, 4.69) is 5.32 Å². The van der Waals surface area contributed by atoms with Crippen molar-refractivity contribution < 1.29 is 19.1 Å². The summed E-state index contributed by atoms with van der Waals surface area (Å²) in [6, 6.07) is 7.38. The highest BCUT2D eigenvalue weighted by atomic mass is 16.5. The van der Waals surface area contributed by atoms with Crippen molar-refractivity contribution in [3.8, 4) is 0 Å². The van der Waals surface area contributed by atoms with E-state index in [0.29, 0.717) is 5.69 Å². The number of hydrogen-bond donors (Lipinski definition) is 1. The first kappa shape index (κ1) is 17.9. The number of nitrogens with one attached hydrogen (secondary N) is 1. The highest BCUT2D eigenvalue weighted by Gasteiger charge is 2.22. The summed E-state index contributed by atoms with van der Waals surface area (Å²) < 4.78 is 4.88. The molecule has 0 unspecified atom stereocenters. The second kappa shape index (κ2) is 7.73. The minimum atomic E-state index is -0.545. The van der Waals surface area contributed by atoms with Crippen molar-refractivity contribution in [3.63, 3.8) is 0 Å². The predicted octanol–water partition coefficient (Wildman–Crippen LogP) is 2.87. The molecule has 0 radical (unpaired) electrons. The van der Waals surface area contributed by atoms with Crippen LogP contribution in [0.3, 0.4) is 0 Å². The van der Waals surface area contributed by atoms with E-state index < -0.39 is 11.4 Å². The van der Waals surface area contributed by atoms with Crippen molar-refractivity contribution in [2.24, 2.45) is 5.41 Å². The number of amides is 1. The Morgan fingerprint density at radius 1 is 1.05 bits per heavy atom. The molecule has 0 fully saturated rings. The SMILES string of the molecule is Cc1ccc(NC(=O)CCC(=O)OCC(=O)C(C)(C)C)cc1. The first-order valence-corrected chi connectivity index (χ1v) is 7.24. The summed E-state index contributed by atoms with van der Waals surface area (Å²) >= 11 is 0. The minimum absolute atomic E-state index is 0.0242. The summed E-state index contributed by atoms with van der Waals surface area (Å²) in [5, 5.41) is 2.70. The van der Waals surface area contributed by atoms with Crippen LogP contribution in [0, 0.1) is 12.3 Å². The molecule has 0 saturated carbocycles. The maximum atomic E-state index is 11.7. The molecule has 1 N–H and O–H groups in total. The number of carbonyl (C=O) groups excluding carboxylic acids is 3. The lowest BCUT2D eigenvalue weighted by molar-refractivity contribution is -0.150. The Balaban J connectivity index is 2.30. The zero-order valence-corrected chi connectivity index (χ0v) is 13.6. The van der Waals surface area contributed by atoms with E-state index in [1.165, 1.54) is 0 Å². The normalized spacial score (nSPS) is 10.9. The summed E-state index contributed by atoms with van der Waals surface area (Å²) in [5.41, 5.74) is 1.25. The van der Waals surface area contributed by atoms with Gasteiger partial charge in [0.1, 0.15) is 0 Å². The molecule has 5 heteroatoms. The number of benzene rings is 1. The zero-order valence-electron chi connectivity index (χ0n) is 13.6. The lowest BCUT2D eigenvalue weighted by atomic mass is 9.91. The Bertz CT molecular complexity index is 541. The number of ether oxygens (including phenoxy) is 1. The van der Waals surface area contributed by atoms with Gasteiger partial charge in [-0.05, 0) is 19.1 Å². The summed E-state index contributed by atoms with van der Waals surface area (Å²) in [4.78, 5) is 34.9. The van der Waals surface area contributed by atoms with E-state index >= 15 is 0 Å². The molecular formula is C17H23NO4. The summed E-state index contributed by atoms with van der Waals surface area (Å²) in [6.07, 6.45) is -0.0223. The van der Waals surface area contributed by atoms with Crippen molar-refractivity contribution in [1.29, 1.82) is 0 Å². The van der Waals surface area contributed by atoms with Crippen LogP contribution in [0.1, 0.15) is 39.2 Å². The number of anilines is 1. The Morgan fingerprint density at radius 2 is 1.64 bits per heavy atom. The van der Waals surface area contributed by atoms with Gasteiger partial charge in [-0.25, -0.2) is 0 Å². The summed E-state index contributed by atoms with van der Waals surface area (Å²) in [5.74, 6) is -0.954. The molecule has 1 aromatic rings. The molecule has 0 aliphatic carbocycles. The molecule has 0 bridgehead atoms. The van der Waals surface area contributed by atoms with E-state index in [9.17, 15) is 14.4 Å². The lowest BCUT2D eigenvalue weighted by Crippen LogP contribution is -2.26. The first-order chi connectivity index (χ1) is 10.2. The standard InChI is InChI=1S/C17H23NO4/c1-12-5-7-13(8-6-12)18-15(20)9-10-16(21)22-11-14(19)17(2,3)4/h5-8H,9-11H2,1-4H3,(H,18,20). The van der Waals surface area contributed by atoms with Gasteiger partial charge in [-0.3, -0.25) is 14.4 Å². The molecule has 0 spiro atoms. The van der Waals surface area contributed by atoms with Gasteiger partial charge < -0.3 is 10.1 Å². The first-order valence-electron chi connectivity index (χ1n) is 7.24. The largest absolute Gasteiger partial charge is 0.458 e. The Morgan fingerprint density at radius 3 is 2.18 bits per heavy atom. The van der Waals surface area contributed by atoms with Gasteiger partial charge >= 0.3 is 5.97 Å². The van der Waals surface area contributed by atoms with Crippen molar-refractivity contribution in [2.45, 2.75) is 40.5 Å². The highest BCUT2D eigenvalue weighted by Crippen LogP contribution is 2.14. The molecule has 1 amide bonds. The van der Waals surface area contributed by atoms with Crippen LogP contribution in [0.15, 0.2) is 24.3 Å². The van der Waals surface area contributed by atoms with Crippen LogP contribution in [0.25, 0.3) is 0 Å². The van der Waals surface area contributed by atoms with Gasteiger partial charge in [0.2, 0.25) is 5.91 Å². The third kappa shape index (κ3) is 6.52. The maximum Gasteiger partial charge on any atom is 0.306 e. The summed E-state index contributed by atoms with van der Waals surface area (Å²) in [6.45, 7) is 7.00. The average molecular weight is 305 g/mol. The number of carbonyl (C=O) groups is 3. The van der Waals surface area contributed by atoms with Crippen molar-refractivity contribution in [3.05, 3.63) is 29.8 Å². The number of hydrogen-bond acceptors (Lipinski definition) is 4. The van der Waals surface area contributed by atoms with Crippen LogP contribution in [0.2, 0.25) is 0 Å². The van der Waals surface area contributed by atoms with E-state index in [1.54, 1.807) is 32.9 Å². The zero-order chi connectivity index (χ0) is 16.8. The quantitative estimate of drug-likeness (QED) is 0.820. The van der Waals surface area contributed by atoms with Crippen molar-refractivity contribution in [1.82, 2.24) is 0 Å². The second-order valence-corrected chi connectivity index (χ2v) is 6.25. The number of esters is 1. The number of aryl methyl sites for hydroxylation is 1. The van der Waals surface area contributed by atoms with E-state index in [-0.39, 0.29) is 31.1 Å². The Hall–Kier alpha value is -2.17. The van der Waals surface area contributed by atoms with Crippen molar-refractivity contribution >= 4 is 23.3 Å². The molecule has 5 nitrogen and oxygen atoms in total. The van der Waals surface area contributed by atoms with E-state index in [4.69, 9.17) is 4.74 Å². The molecule has 0 atom stereocenters. The van der Waals surface area contributed by atoms with Gasteiger partial charge in [0.15, 0.2) is 12.4 Å². The third-order valence-electron chi connectivity index (χ3n) is 3.09. The topological polar surface area (TPSA) is 72.5 Å². The number of ketones is 1. The van der Waals surface area contributed by atoms with Gasteiger partial charge in [-0.15, -0.1) is 0 Å². The molecule has 22 heavy (non-hydrogen) atoms. The summed E-state index contributed by atoms with van der Waals surface area (Å²) in [7, 11) is 0. The van der Waals surface area contributed by atoms with Gasteiger partial charge in [0, 0.05) is 17.5 Å². The third-order valence-corrected chi connectivity index (χ3v) is 3.09. The number of Topliss-reactive ketones (excluding diaryl/α,β-unsaturated/α-hetero) is 1. The molecule has 0 aliphatic rings. The smallest absolute Gasteiger partial charge is 0.306 e. The van der Waals surface area contributed by atoms with Crippen LogP contribution in [-0.4, -0.2) is 24.3 Å². The highest BCUT2D eigenvalue weighted by molar-refractivity contribution is 5.93. The van der Waals surface area contributed by atoms with Crippen LogP contribution in [0.4, 0.5) is 5.69 Å². The fourth-order valence-electron chi connectivity index (χ4n) is 1.51. The Labute approximate surface area is 131 Å². The monoisotopic (exact) mass is 305 g/mol. The van der Waals surface area contributed by atoms with Crippen LogP contribution in [-0.2, 0) is 19.1 Å². The van der Waals surface area contributed by atoms with Gasteiger partial charge in [0.05, 0.1) is 6.42 Å². The lowest BCUT2D eigenvalue weighted by Gasteiger charge is -2.16. The molecule has 1 rings (SSSR count). The molecule has 1 aromatic carbocycles. The fraction of sp³-hybridized carbons (Fsp3) is 0.471. The molecule has 0 aromatic heterocycles. The van der Waals surface area contributed by atoms with Crippen molar-refractivity contribution in [2.75, 3.05) is 11.9 Å². The van der Waals surface area contributed by atoms with Crippen LogP contribution in [0.5, 0.6) is 0 Å². The maximum absolute atomic E-state index is 11.7. The van der Waals surface area contributed by atoms with E-state index in [0.717, 1.165) is 5.56 Å². The van der Waals surface area contributed by atoms with Crippen LogP contribution >= 0.6 is 0 Å². The molecule has 0 saturated heterocycles. The van der Waals surface area contributed by atoms with Crippen LogP contribution < -0.4 is 5.32 Å². The van der Waals surface area contributed by atoms with Gasteiger partial charge in [0.25, 0.3) is 0 Å². The molecular weight excluding hydrogens is 282 g/mol. The second-order valence-electron chi connectivity index (χ2n) is 6.25. The fourth-order valence-corrected chi connectivity index (χ4v) is 1.51. The predicted molar refractivity (Wildman–Crippen MR) is 84.5 cm³/mol. The minimum Gasteiger partial charge on any atom is -0.458 e. The Kier molecular flexibility index (Phi) is 6.28. The molecule has 120 valence electrons. The van der Waals surface area contributed by atoms with E-state index in [1.807, 2.05) is 19.1 Å². The van der Waals surface area contributed by atoms with Gasteiger partial charge in [-0.2, -0.15) is 0 Å². The molecule has 0 heterocycles. The van der Waals surface area contributed by atoms with Gasteiger partial charge in [-0.1, -0.05) is 38.5 Å².